The summed E-state index contributed by atoms with van der Waals surface area (Å²) in [5.74, 6) is 1.08. The molecule has 0 unspecified atom stereocenters. The van der Waals surface area contributed by atoms with Gasteiger partial charge in [-0.2, -0.15) is 18.2 Å². The Morgan fingerprint density at radius 1 is 1.10 bits per heavy atom. The zero-order valence-electron chi connectivity index (χ0n) is 15.6. The van der Waals surface area contributed by atoms with E-state index in [4.69, 9.17) is 0 Å². The van der Waals surface area contributed by atoms with Gasteiger partial charge in [-0.1, -0.05) is 0 Å². The molecule has 13 heteroatoms. The minimum atomic E-state index is -4.46. The quantitative estimate of drug-likeness (QED) is 0.332. The van der Waals surface area contributed by atoms with Crippen LogP contribution >= 0.6 is 22.7 Å². The number of aromatic amines is 1. The average Bonchev–Trinajstić information content (AvgIpc) is 3.46. The molecule has 5 heterocycles. The van der Waals surface area contributed by atoms with Gasteiger partial charge in [0.05, 0.1) is 21.3 Å². The van der Waals surface area contributed by atoms with Crippen LogP contribution in [0.4, 0.5) is 30.1 Å². The van der Waals surface area contributed by atoms with E-state index in [1.54, 1.807) is 17.5 Å². The van der Waals surface area contributed by atoms with E-state index in [9.17, 15) is 13.2 Å². The second kappa shape index (κ2) is 7.74. The zero-order valence-corrected chi connectivity index (χ0v) is 17.2. The highest BCUT2D eigenvalue weighted by atomic mass is 32.1. The second-order valence-electron chi connectivity index (χ2n) is 6.47. The van der Waals surface area contributed by atoms with Crippen LogP contribution in [0.25, 0.3) is 21.4 Å². The largest absolute Gasteiger partial charge is 0.417 e. The molecule has 0 amide bonds. The Balaban J connectivity index is 1.23. The molecule has 31 heavy (non-hydrogen) atoms. The third-order valence-corrected chi connectivity index (χ3v) is 6.23. The molecule has 5 aromatic rings. The van der Waals surface area contributed by atoms with E-state index in [2.05, 4.69) is 40.5 Å². The SMILES string of the molecule is FC(F)(F)c1cnc2nc(Nc3ncc(CCNc4ncnc5ccsc45)s3)[nH]c2c1. The number of alkyl halides is 3. The van der Waals surface area contributed by atoms with Gasteiger partial charge in [-0.25, -0.2) is 19.9 Å². The van der Waals surface area contributed by atoms with Gasteiger partial charge in [-0.3, -0.25) is 0 Å². The van der Waals surface area contributed by atoms with E-state index < -0.39 is 11.7 Å². The van der Waals surface area contributed by atoms with E-state index >= 15 is 0 Å². The van der Waals surface area contributed by atoms with Crippen LogP contribution in [0.3, 0.4) is 0 Å². The summed E-state index contributed by atoms with van der Waals surface area (Å²) in [6, 6.07) is 2.93. The molecule has 5 rings (SSSR count). The Labute approximate surface area is 180 Å². The Bertz CT molecular complexity index is 1360. The lowest BCUT2D eigenvalue weighted by atomic mass is 10.2. The number of halogens is 3. The molecule has 0 fully saturated rings. The molecule has 8 nitrogen and oxygen atoms in total. The van der Waals surface area contributed by atoms with E-state index in [0.29, 0.717) is 11.7 Å². The summed E-state index contributed by atoms with van der Waals surface area (Å²) in [4.78, 5) is 24.6. The van der Waals surface area contributed by atoms with E-state index in [-0.39, 0.29) is 17.1 Å². The average molecular weight is 462 g/mol. The standard InChI is InChI=1S/C18H13F3N8S2/c19-18(20,21)9-5-12-14(23-6-9)28-16(27-12)29-17-24-7-10(31-17)1-3-22-15-13-11(2-4-30-13)25-8-26-15/h2,4-8H,1,3H2,(H,22,25,26)(H2,23,24,27,28,29). The first-order valence-electron chi connectivity index (χ1n) is 9.02. The lowest BCUT2D eigenvalue weighted by molar-refractivity contribution is -0.137. The Kier molecular flexibility index (Phi) is 4.90. The first kappa shape index (κ1) is 19.6. The van der Waals surface area contributed by atoms with Gasteiger partial charge in [-0.05, 0) is 17.5 Å². The first-order chi connectivity index (χ1) is 15.0. The molecule has 158 valence electrons. The van der Waals surface area contributed by atoms with Crippen molar-refractivity contribution in [3.8, 4) is 0 Å². The van der Waals surface area contributed by atoms with Crippen LogP contribution in [-0.4, -0.2) is 36.4 Å². The van der Waals surface area contributed by atoms with E-state index in [1.807, 2.05) is 11.4 Å². The fraction of sp³-hybridized carbons (Fsp3) is 0.167. The number of fused-ring (bicyclic) bond motifs is 2. The number of H-pyrrole nitrogens is 1. The van der Waals surface area contributed by atoms with Crippen LogP contribution in [0.2, 0.25) is 0 Å². The van der Waals surface area contributed by atoms with Crippen molar-refractivity contribution in [2.24, 2.45) is 0 Å². The topological polar surface area (TPSA) is 104 Å². The predicted octanol–water partition coefficient (Wildman–Crippen LogP) is 4.84. The molecule has 3 N–H and O–H groups in total. The normalized spacial score (nSPS) is 12.0. The van der Waals surface area contributed by atoms with Crippen LogP contribution in [-0.2, 0) is 12.6 Å². The number of nitrogens with zero attached hydrogens (tertiary/aromatic N) is 5. The maximum absolute atomic E-state index is 12.8. The van der Waals surface area contributed by atoms with Crippen molar-refractivity contribution in [3.63, 3.8) is 0 Å². The van der Waals surface area contributed by atoms with Crippen molar-refractivity contribution >= 4 is 61.0 Å². The first-order valence-corrected chi connectivity index (χ1v) is 10.7. The molecule has 0 aromatic carbocycles. The van der Waals surface area contributed by atoms with Gasteiger partial charge < -0.3 is 15.6 Å². The van der Waals surface area contributed by atoms with Crippen molar-refractivity contribution in [3.05, 3.63) is 46.7 Å². The molecule has 0 aliphatic carbocycles. The van der Waals surface area contributed by atoms with Gasteiger partial charge >= 0.3 is 6.18 Å². The summed E-state index contributed by atoms with van der Waals surface area (Å²) in [6.07, 6.45) is 0.319. The summed E-state index contributed by atoms with van der Waals surface area (Å²) in [7, 11) is 0. The number of imidazole rings is 1. The summed E-state index contributed by atoms with van der Waals surface area (Å²) >= 11 is 3.02. The number of thiophene rings is 1. The highest BCUT2D eigenvalue weighted by Crippen LogP contribution is 2.31. The summed E-state index contributed by atoms with van der Waals surface area (Å²) in [5, 5.41) is 8.85. The molecule has 0 radical (unpaired) electrons. The Hall–Kier alpha value is -3.32. The fourth-order valence-corrected chi connectivity index (χ4v) is 4.54. The van der Waals surface area contributed by atoms with Crippen molar-refractivity contribution in [2.75, 3.05) is 17.2 Å². The third-order valence-electron chi connectivity index (χ3n) is 4.35. The maximum atomic E-state index is 12.8. The van der Waals surface area contributed by atoms with Crippen molar-refractivity contribution in [1.29, 1.82) is 0 Å². The van der Waals surface area contributed by atoms with E-state index in [1.165, 1.54) is 17.7 Å². The van der Waals surface area contributed by atoms with Crippen LogP contribution in [0.15, 0.2) is 36.2 Å². The van der Waals surface area contributed by atoms with Gasteiger partial charge in [0.25, 0.3) is 0 Å². The number of hydrogen-bond acceptors (Lipinski definition) is 9. The number of hydrogen-bond donors (Lipinski definition) is 3. The molecule has 0 aliphatic rings. The van der Waals surface area contributed by atoms with Gasteiger partial charge in [0.15, 0.2) is 10.8 Å². The number of anilines is 3. The lowest BCUT2D eigenvalue weighted by Gasteiger charge is -2.04. The maximum Gasteiger partial charge on any atom is 0.417 e. The summed E-state index contributed by atoms with van der Waals surface area (Å²) < 4.78 is 39.5. The molecule has 0 aliphatic heterocycles. The number of rotatable bonds is 6. The van der Waals surface area contributed by atoms with Crippen LogP contribution in [0, 0.1) is 0 Å². The number of aromatic nitrogens is 6. The molecule has 0 atom stereocenters. The highest BCUT2D eigenvalue weighted by Gasteiger charge is 2.31. The molecular weight excluding hydrogens is 449 g/mol. The predicted molar refractivity (Wildman–Crippen MR) is 114 cm³/mol. The monoisotopic (exact) mass is 462 g/mol. The molecule has 0 saturated heterocycles. The van der Waals surface area contributed by atoms with Crippen LogP contribution in [0.1, 0.15) is 10.4 Å². The van der Waals surface area contributed by atoms with Crippen LogP contribution in [0.5, 0.6) is 0 Å². The number of nitrogens with one attached hydrogen (secondary N) is 3. The van der Waals surface area contributed by atoms with Crippen molar-refractivity contribution < 1.29 is 13.2 Å². The summed E-state index contributed by atoms with van der Waals surface area (Å²) in [6.45, 7) is 0.667. The fourth-order valence-electron chi connectivity index (χ4n) is 2.92. The molecular formula is C18H13F3N8S2. The second-order valence-corrected chi connectivity index (χ2v) is 8.50. The van der Waals surface area contributed by atoms with Crippen molar-refractivity contribution in [1.82, 2.24) is 29.9 Å². The molecule has 0 saturated carbocycles. The van der Waals surface area contributed by atoms with Gasteiger partial charge in [0.2, 0.25) is 5.95 Å². The van der Waals surface area contributed by atoms with Gasteiger partial charge in [0, 0.05) is 30.2 Å². The molecule has 0 spiro atoms. The van der Waals surface area contributed by atoms with E-state index in [0.717, 1.165) is 39.6 Å². The zero-order chi connectivity index (χ0) is 21.4. The smallest absolute Gasteiger partial charge is 0.368 e. The summed E-state index contributed by atoms with van der Waals surface area (Å²) in [5.41, 5.74) is 0.474. The lowest BCUT2D eigenvalue weighted by Crippen LogP contribution is -2.05. The molecule has 5 aromatic heterocycles. The minimum absolute atomic E-state index is 0.196. The van der Waals surface area contributed by atoms with Crippen LogP contribution < -0.4 is 10.6 Å². The molecule has 0 bridgehead atoms. The number of thiazole rings is 1. The highest BCUT2D eigenvalue weighted by molar-refractivity contribution is 7.17. The Morgan fingerprint density at radius 3 is 2.87 bits per heavy atom. The Morgan fingerprint density at radius 2 is 2.00 bits per heavy atom. The van der Waals surface area contributed by atoms with Gasteiger partial charge in [-0.15, -0.1) is 22.7 Å². The van der Waals surface area contributed by atoms with Crippen molar-refractivity contribution in [2.45, 2.75) is 12.6 Å². The third kappa shape index (κ3) is 4.14. The number of pyridine rings is 1. The minimum Gasteiger partial charge on any atom is -0.368 e. The van der Waals surface area contributed by atoms with Gasteiger partial charge in [0.1, 0.15) is 12.1 Å².